The number of hydrogen-bond acceptors (Lipinski definition) is 1. The van der Waals surface area contributed by atoms with Gasteiger partial charge in [-0.25, -0.2) is 4.39 Å². The average molecular weight is 230 g/mol. The Bertz CT molecular complexity index is 314. The molecule has 1 nitrogen and oxygen atoms in total. The summed E-state index contributed by atoms with van der Waals surface area (Å²) in [6, 6.07) is 4.94. The first kappa shape index (κ1) is 12.5. The first-order chi connectivity index (χ1) is 7.19. The number of nitrogens with one attached hydrogen (secondary N) is 1. The molecule has 0 radical (unpaired) electrons. The van der Waals surface area contributed by atoms with Crippen molar-refractivity contribution in [3.05, 3.63) is 34.6 Å². The molecule has 1 atom stereocenters. The molecule has 0 amide bonds. The van der Waals surface area contributed by atoms with Crippen LogP contribution in [-0.4, -0.2) is 6.54 Å². The molecule has 0 saturated carbocycles. The Morgan fingerprint density at radius 2 is 2.13 bits per heavy atom. The molecule has 0 bridgehead atoms. The molecule has 0 aromatic heterocycles. The van der Waals surface area contributed by atoms with Gasteiger partial charge >= 0.3 is 0 Å². The van der Waals surface area contributed by atoms with Crippen LogP contribution in [0.1, 0.15) is 38.3 Å². The van der Waals surface area contributed by atoms with E-state index < -0.39 is 0 Å². The second-order valence-electron chi connectivity index (χ2n) is 3.58. The molecule has 84 valence electrons. The Kier molecular flexibility index (Phi) is 5.06. The van der Waals surface area contributed by atoms with Gasteiger partial charge in [-0.15, -0.1) is 0 Å². The second kappa shape index (κ2) is 6.09. The van der Waals surface area contributed by atoms with Crippen LogP contribution >= 0.6 is 11.6 Å². The maximum atomic E-state index is 13.6. The van der Waals surface area contributed by atoms with Gasteiger partial charge in [0.15, 0.2) is 0 Å². The van der Waals surface area contributed by atoms with E-state index in [1.54, 1.807) is 12.1 Å². The van der Waals surface area contributed by atoms with Crippen molar-refractivity contribution in [3.63, 3.8) is 0 Å². The lowest BCUT2D eigenvalue weighted by Gasteiger charge is -2.17. The fourth-order valence-electron chi connectivity index (χ4n) is 1.58. The lowest BCUT2D eigenvalue weighted by atomic mass is 10.0. The summed E-state index contributed by atoms with van der Waals surface area (Å²) in [6.07, 6.45) is 1.92. The molecule has 0 spiro atoms. The monoisotopic (exact) mass is 229 g/mol. The van der Waals surface area contributed by atoms with Crippen molar-refractivity contribution in [2.45, 2.75) is 32.7 Å². The number of halogens is 2. The smallest absolute Gasteiger partial charge is 0.129 e. The predicted octanol–water partition coefficient (Wildman–Crippen LogP) is 3.93. The Hall–Kier alpha value is -0.600. The fraction of sp³-hybridized carbons (Fsp3) is 0.500. The van der Waals surface area contributed by atoms with E-state index in [0.717, 1.165) is 19.4 Å². The zero-order valence-corrected chi connectivity index (χ0v) is 9.94. The molecule has 0 fully saturated rings. The topological polar surface area (TPSA) is 12.0 Å². The molecule has 1 aromatic carbocycles. The van der Waals surface area contributed by atoms with Gasteiger partial charge in [-0.3, -0.25) is 0 Å². The first-order valence-electron chi connectivity index (χ1n) is 5.37. The van der Waals surface area contributed by atoms with Gasteiger partial charge in [0.25, 0.3) is 0 Å². The van der Waals surface area contributed by atoms with Crippen LogP contribution in [-0.2, 0) is 0 Å². The maximum Gasteiger partial charge on any atom is 0.129 e. The van der Waals surface area contributed by atoms with Gasteiger partial charge in [0.2, 0.25) is 0 Å². The molecular formula is C12H17ClFN. The van der Waals surface area contributed by atoms with Crippen LogP contribution in [0, 0.1) is 5.82 Å². The fourth-order valence-corrected chi connectivity index (χ4v) is 1.74. The second-order valence-corrected chi connectivity index (χ2v) is 4.02. The lowest BCUT2D eigenvalue weighted by molar-refractivity contribution is 0.488. The van der Waals surface area contributed by atoms with Crippen LogP contribution < -0.4 is 5.32 Å². The third kappa shape index (κ3) is 3.47. The molecule has 1 N–H and O–H groups in total. The number of hydrogen-bond donors (Lipinski definition) is 1. The summed E-state index contributed by atoms with van der Waals surface area (Å²) in [5, 5.41) is 3.76. The van der Waals surface area contributed by atoms with Crippen molar-refractivity contribution >= 4 is 11.6 Å². The van der Waals surface area contributed by atoms with E-state index in [4.69, 9.17) is 11.6 Å². The normalized spacial score (nSPS) is 12.8. The van der Waals surface area contributed by atoms with E-state index in [9.17, 15) is 4.39 Å². The molecule has 1 aromatic rings. The van der Waals surface area contributed by atoms with Crippen LogP contribution in [0.25, 0.3) is 0 Å². The van der Waals surface area contributed by atoms with Gasteiger partial charge in [-0.1, -0.05) is 31.5 Å². The van der Waals surface area contributed by atoms with E-state index >= 15 is 0 Å². The maximum absolute atomic E-state index is 13.6. The predicted molar refractivity (Wildman–Crippen MR) is 62.7 cm³/mol. The minimum Gasteiger partial charge on any atom is -0.310 e. The number of rotatable bonds is 5. The van der Waals surface area contributed by atoms with E-state index in [1.807, 2.05) is 6.92 Å². The van der Waals surface area contributed by atoms with Crippen LogP contribution in [0.2, 0.25) is 5.02 Å². The lowest BCUT2D eigenvalue weighted by Crippen LogP contribution is -2.22. The summed E-state index contributed by atoms with van der Waals surface area (Å²) < 4.78 is 13.6. The number of benzene rings is 1. The van der Waals surface area contributed by atoms with E-state index in [1.165, 1.54) is 6.07 Å². The van der Waals surface area contributed by atoms with Crippen molar-refractivity contribution in [2.75, 3.05) is 6.54 Å². The van der Waals surface area contributed by atoms with Gasteiger partial charge in [0.1, 0.15) is 5.82 Å². The van der Waals surface area contributed by atoms with E-state index in [-0.39, 0.29) is 11.9 Å². The van der Waals surface area contributed by atoms with Gasteiger partial charge in [-0.05, 0) is 31.5 Å². The van der Waals surface area contributed by atoms with Crippen molar-refractivity contribution in [1.82, 2.24) is 5.32 Å². The summed E-state index contributed by atoms with van der Waals surface area (Å²) in [6.45, 7) is 5.04. The molecule has 3 heteroatoms. The van der Waals surface area contributed by atoms with Crippen molar-refractivity contribution in [2.24, 2.45) is 0 Å². The van der Waals surface area contributed by atoms with Crippen molar-refractivity contribution in [1.29, 1.82) is 0 Å². The highest BCUT2D eigenvalue weighted by molar-refractivity contribution is 6.30. The Labute approximate surface area is 95.6 Å². The first-order valence-corrected chi connectivity index (χ1v) is 5.75. The van der Waals surface area contributed by atoms with Gasteiger partial charge in [0, 0.05) is 16.6 Å². The Balaban J connectivity index is 2.81. The molecule has 0 aliphatic carbocycles. The largest absolute Gasteiger partial charge is 0.310 e. The quantitative estimate of drug-likeness (QED) is 0.807. The van der Waals surface area contributed by atoms with Crippen LogP contribution in [0.4, 0.5) is 4.39 Å². The van der Waals surface area contributed by atoms with Crippen LogP contribution in [0.15, 0.2) is 18.2 Å². The van der Waals surface area contributed by atoms with E-state index in [2.05, 4.69) is 12.2 Å². The summed E-state index contributed by atoms with van der Waals surface area (Å²) in [5.74, 6) is -0.224. The highest BCUT2D eigenvalue weighted by atomic mass is 35.5. The van der Waals surface area contributed by atoms with Gasteiger partial charge < -0.3 is 5.32 Å². The minimum absolute atomic E-state index is 0.0854. The standard InChI is InChI=1S/C12H17ClFN/c1-3-7-15-12(4-2)10-6-5-9(13)8-11(10)14/h5-6,8,12,15H,3-4,7H2,1-2H3. The van der Waals surface area contributed by atoms with E-state index in [0.29, 0.717) is 10.6 Å². The molecule has 1 rings (SSSR count). The molecule has 15 heavy (non-hydrogen) atoms. The molecule has 0 aliphatic rings. The summed E-state index contributed by atoms with van der Waals surface area (Å²) in [5.41, 5.74) is 0.704. The zero-order valence-electron chi connectivity index (χ0n) is 9.19. The Morgan fingerprint density at radius 3 is 2.67 bits per heavy atom. The van der Waals surface area contributed by atoms with Gasteiger partial charge in [0.05, 0.1) is 0 Å². The van der Waals surface area contributed by atoms with Crippen LogP contribution in [0.3, 0.4) is 0 Å². The summed E-state index contributed by atoms with van der Waals surface area (Å²) in [7, 11) is 0. The summed E-state index contributed by atoms with van der Waals surface area (Å²) >= 11 is 5.71. The molecule has 0 aliphatic heterocycles. The average Bonchev–Trinajstić information content (AvgIpc) is 2.21. The van der Waals surface area contributed by atoms with Crippen molar-refractivity contribution < 1.29 is 4.39 Å². The molecular weight excluding hydrogens is 213 g/mol. The SMILES string of the molecule is CCCNC(CC)c1ccc(Cl)cc1F. The molecule has 1 unspecified atom stereocenters. The van der Waals surface area contributed by atoms with Crippen molar-refractivity contribution in [3.8, 4) is 0 Å². The Morgan fingerprint density at radius 1 is 1.40 bits per heavy atom. The van der Waals surface area contributed by atoms with Gasteiger partial charge in [-0.2, -0.15) is 0 Å². The highest BCUT2D eigenvalue weighted by Gasteiger charge is 2.12. The van der Waals surface area contributed by atoms with Crippen LogP contribution in [0.5, 0.6) is 0 Å². The molecule has 0 heterocycles. The third-order valence-electron chi connectivity index (χ3n) is 2.39. The summed E-state index contributed by atoms with van der Waals surface area (Å²) in [4.78, 5) is 0. The third-order valence-corrected chi connectivity index (χ3v) is 2.62. The zero-order chi connectivity index (χ0) is 11.3. The highest BCUT2D eigenvalue weighted by Crippen LogP contribution is 2.22. The molecule has 0 saturated heterocycles. The minimum atomic E-state index is -0.224.